The molecule has 4 heteroatoms. The van der Waals surface area contributed by atoms with Crippen LogP contribution < -0.4 is 0 Å². The number of rotatable bonds is 5. The highest BCUT2D eigenvalue weighted by Gasteiger charge is 2.36. The van der Waals surface area contributed by atoms with Crippen molar-refractivity contribution in [3.63, 3.8) is 0 Å². The number of hydrogen-bond donors (Lipinski definition) is 0. The van der Waals surface area contributed by atoms with Gasteiger partial charge in [0.05, 0.1) is 6.54 Å². The van der Waals surface area contributed by atoms with Gasteiger partial charge in [-0.15, -0.1) is 0 Å². The maximum Gasteiger partial charge on any atom is 0.226 e. The third kappa shape index (κ3) is 3.15. The summed E-state index contributed by atoms with van der Waals surface area (Å²) in [6.07, 6.45) is 1.84. The lowest BCUT2D eigenvalue weighted by atomic mass is 9.99. The van der Waals surface area contributed by atoms with Crippen LogP contribution in [-0.2, 0) is 14.4 Å². The molecule has 0 bridgehead atoms. The lowest BCUT2D eigenvalue weighted by molar-refractivity contribution is -0.135. The van der Waals surface area contributed by atoms with Crippen LogP contribution in [0, 0.1) is 5.92 Å². The second kappa shape index (κ2) is 5.23. The Labute approximate surface area is 96.0 Å². The van der Waals surface area contributed by atoms with Gasteiger partial charge in [0.15, 0.2) is 0 Å². The molecule has 1 fully saturated rings. The fourth-order valence-electron chi connectivity index (χ4n) is 2.18. The van der Waals surface area contributed by atoms with E-state index in [2.05, 4.69) is 0 Å². The zero-order valence-electron chi connectivity index (χ0n) is 10.2. The summed E-state index contributed by atoms with van der Waals surface area (Å²) in [6, 6.07) is 0.119. The number of nitrogens with zero attached hydrogens (tertiary/aromatic N) is 1. The highest BCUT2D eigenvalue weighted by atomic mass is 16.2. The number of carbonyl (C=O) groups excluding carboxylic acids is 3. The summed E-state index contributed by atoms with van der Waals surface area (Å²) >= 11 is 0. The first-order valence-electron chi connectivity index (χ1n) is 5.71. The van der Waals surface area contributed by atoms with E-state index in [-0.39, 0.29) is 36.0 Å². The molecule has 0 N–H and O–H groups in total. The highest BCUT2D eigenvalue weighted by molar-refractivity contribution is 5.87. The lowest BCUT2D eigenvalue weighted by Gasteiger charge is -2.19. The van der Waals surface area contributed by atoms with Crippen LogP contribution in [-0.4, -0.2) is 35.0 Å². The van der Waals surface area contributed by atoms with E-state index in [9.17, 15) is 14.4 Å². The van der Waals surface area contributed by atoms with Gasteiger partial charge in [0.2, 0.25) is 5.91 Å². The quantitative estimate of drug-likeness (QED) is 0.706. The molecule has 0 aromatic carbocycles. The average molecular weight is 225 g/mol. The van der Waals surface area contributed by atoms with E-state index < -0.39 is 0 Å². The Bertz CT molecular complexity index is 311. The van der Waals surface area contributed by atoms with Crippen molar-refractivity contribution in [3.05, 3.63) is 0 Å². The third-order valence-corrected chi connectivity index (χ3v) is 3.03. The molecule has 1 saturated heterocycles. The van der Waals surface area contributed by atoms with Crippen molar-refractivity contribution >= 4 is 17.5 Å². The fraction of sp³-hybridized carbons (Fsp3) is 0.750. The molecule has 2 atom stereocenters. The van der Waals surface area contributed by atoms with E-state index in [1.54, 1.807) is 4.90 Å². The van der Waals surface area contributed by atoms with Crippen LogP contribution in [0.3, 0.4) is 0 Å². The fourth-order valence-corrected chi connectivity index (χ4v) is 2.18. The largest absolute Gasteiger partial charge is 0.332 e. The van der Waals surface area contributed by atoms with Gasteiger partial charge in [0, 0.05) is 18.4 Å². The van der Waals surface area contributed by atoms with Crippen LogP contribution in [0.2, 0.25) is 0 Å². The predicted octanol–water partition coefficient (Wildman–Crippen LogP) is 1.18. The molecular weight excluding hydrogens is 206 g/mol. The summed E-state index contributed by atoms with van der Waals surface area (Å²) in [7, 11) is 0. The minimum absolute atomic E-state index is 0.00687. The van der Waals surface area contributed by atoms with Gasteiger partial charge in [-0.1, -0.05) is 0 Å². The maximum atomic E-state index is 11.9. The van der Waals surface area contributed by atoms with Gasteiger partial charge >= 0.3 is 0 Å². The Morgan fingerprint density at radius 1 is 1.31 bits per heavy atom. The SMILES string of the molecule is CC(=O)CCC1CC(C)N(CC(C)=O)C1=O. The van der Waals surface area contributed by atoms with Crippen molar-refractivity contribution in [1.82, 2.24) is 4.90 Å². The molecule has 1 amide bonds. The summed E-state index contributed by atoms with van der Waals surface area (Å²) in [5.74, 6) is 0.0834. The molecule has 16 heavy (non-hydrogen) atoms. The molecule has 0 aromatic heterocycles. The number of hydrogen-bond acceptors (Lipinski definition) is 3. The monoisotopic (exact) mass is 225 g/mol. The Kier molecular flexibility index (Phi) is 4.21. The minimum atomic E-state index is -0.0711. The number of Topliss-reactive ketones (excluding diaryl/α,β-unsaturated/α-hetero) is 2. The van der Waals surface area contributed by atoms with Gasteiger partial charge in [0.1, 0.15) is 11.6 Å². The minimum Gasteiger partial charge on any atom is -0.332 e. The number of ketones is 2. The van der Waals surface area contributed by atoms with Crippen molar-refractivity contribution in [2.45, 2.75) is 46.1 Å². The summed E-state index contributed by atoms with van der Waals surface area (Å²) in [6.45, 7) is 5.18. The van der Waals surface area contributed by atoms with Gasteiger partial charge in [-0.3, -0.25) is 9.59 Å². The van der Waals surface area contributed by atoms with Crippen molar-refractivity contribution in [3.8, 4) is 0 Å². The standard InChI is InChI=1S/C12H19NO3/c1-8-6-11(5-4-9(2)14)12(16)13(8)7-10(3)15/h8,11H,4-7H2,1-3H3. The maximum absolute atomic E-state index is 11.9. The normalized spacial score (nSPS) is 24.9. The first kappa shape index (κ1) is 12.9. The first-order chi connectivity index (χ1) is 7.41. The van der Waals surface area contributed by atoms with Crippen molar-refractivity contribution < 1.29 is 14.4 Å². The first-order valence-corrected chi connectivity index (χ1v) is 5.71. The molecular formula is C12H19NO3. The summed E-state index contributed by atoms with van der Waals surface area (Å²) in [5.41, 5.74) is 0. The number of likely N-dealkylation sites (tertiary alicyclic amines) is 1. The molecule has 1 heterocycles. The Morgan fingerprint density at radius 3 is 2.44 bits per heavy atom. The van der Waals surface area contributed by atoms with Crippen LogP contribution in [0.1, 0.15) is 40.0 Å². The topological polar surface area (TPSA) is 54.5 Å². The lowest BCUT2D eigenvalue weighted by Crippen LogP contribution is -2.36. The van der Waals surface area contributed by atoms with E-state index >= 15 is 0 Å². The predicted molar refractivity (Wildman–Crippen MR) is 59.9 cm³/mol. The zero-order valence-corrected chi connectivity index (χ0v) is 10.2. The molecule has 0 radical (unpaired) electrons. The second-order valence-electron chi connectivity index (χ2n) is 4.69. The number of carbonyl (C=O) groups is 3. The van der Waals surface area contributed by atoms with Gasteiger partial charge in [0.25, 0.3) is 0 Å². The molecule has 2 unspecified atom stereocenters. The van der Waals surface area contributed by atoms with Crippen LogP contribution in [0.4, 0.5) is 0 Å². The van der Waals surface area contributed by atoms with Gasteiger partial charge in [-0.2, -0.15) is 0 Å². The van der Waals surface area contributed by atoms with E-state index in [0.29, 0.717) is 12.8 Å². The average Bonchev–Trinajstić information content (AvgIpc) is 2.42. The Balaban J connectivity index is 2.56. The van der Waals surface area contributed by atoms with Gasteiger partial charge in [-0.05, 0) is 33.6 Å². The van der Waals surface area contributed by atoms with Crippen molar-refractivity contribution in [1.29, 1.82) is 0 Å². The molecule has 0 saturated carbocycles. The molecule has 0 aromatic rings. The van der Waals surface area contributed by atoms with E-state index in [0.717, 1.165) is 6.42 Å². The van der Waals surface area contributed by atoms with E-state index in [4.69, 9.17) is 0 Å². The zero-order chi connectivity index (χ0) is 12.3. The van der Waals surface area contributed by atoms with Crippen LogP contribution in [0.25, 0.3) is 0 Å². The second-order valence-corrected chi connectivity index (χ2v) is 4.69. The third-order valence-electron chi connectivity index (χ3n) is 3.03. The smallest absolute Gasteiger partial charge is 0.226 e. The molecule has 1 rings (SSSR count). The Morgan fingerprint density at radius 2 is 1.94 bits per heavy atom. The van der Waals surface area contributed by atoms with Crippen LogP contribution in [0.15, 0.2) is 0 Å². The molecule has 90 valence electrons. The molecule has 1 aliphatic rings. The van der Waals surface area contributed by atoms with Crippen molar-refractivity contribution in [2.75, 3.05) is 6.54 Å². The molecule has 4 nitrogen and oxygen atoms in total. The van der Waals surface area contributed by atoms with Gasteiger partial charge < -0.3 is 9.69 Å². The van der Waals surface area contributed by atoms with Crippen LogP contribution in [0.5, 0.6) is 0 Å². The van der Waals surface area contributed by atoms with Crippen LogP contribution >= 0.6 is 0 Å². The number of amides is 1. The van der Waals surface area contributed by atoms with Crippen molar-refractivity contribution in [2.24, 2.45) is 5.92 Å². The summed E-state index contributed by atoms with van der Waals surface area (Å²) in [4.78, 5) is 35.4. The highest BCUT2D eigenvalue weighted by Crippen LogP contribution is 2.27. The molecule has 1 aliphatic heterocycles. The summed E-state index contributed by atoms with van der Waals surface area (Å²) < 4.78 is 0. The summed E-state index contributed by atoms with van der Waals surface area (Å²) in [5, 5.41) is 0. The van der Waals surface area contributed by atoms with Gasteiger partial charge in [-0.25, -0.2) is 0 Å². The Hall–Kier alpha value is -1.19. The molecule has 0 aliphatic carbocycles. The van der Waals surface area contributed by atoms with E-state index in [1.165, 1.54) is 13.8 Å². The molecule has 0 spiro atoms. The van der Waals surface area contributed by atoms with E-state index in [1.807, 2.05) is 6.92 Å².